The third-order valence-electron chi connectivity index (χ3n) is 5.22. The molecule has 2 bridgehead atoms. The van der Waals surface area contributed by atoms with Gasteiger partial charge in [-0.15, -0.1) is 11.3 Å². The highest BCUT2D eigenvalue weighted by atomic mass is 32.1. The molecule has 2 aromatic rings. The summed E-state index contributed by atoms with van der Waals surface area (Å²) < 4.78 is 0. The van der Waals surface area contributed by atoms with Crippen LogP contribution < -0.4 is 0 Å². The molecule has 2 atom stereocenters. The first-order chi connectivity index (χ1) is 12.1. The fraction of sp³-hybridized carbons (Fsp3) is 0.421. The van der Waals surface area contributed by atoms with E-state index in [1.807, 2.05) is 40.4 Å². The monoisotopic (exact) mass is 355 g/mol. The Morgan fingerprint density at radius 2 is 2.04 bits per heavy atom. The Balaban J connectivity index is 1.49. The quantitative estimate of drug-likeness (QED) is 0.850. The van der Waals surface area contributed by atoms with Gasteiger partial charge in [-0.05, 0) is 18.4 Å². The number of aromatic nitrogens is 1. The summed E-state index contributed by atoms with van der Waals surface area (Å²) >= 11 is 1.52. The van der Waals surface area contributed by atoms with Crippen molar-refractivity contribution in [2.75, 3.05) is 20.1 Å². The molecule has 0 N–H and O–H groups in total. The lowest BCUT2D eigenvalue weighted by molar-refractivity contribution is -0.138. The number of benzene rings is 1. The van der Waals surface area contributed by atoms with Crippen molar-refractivity contribution in [1.29, 1.82) is 0 Å². The number of carbonyl (C=O) groups is 2. The van der Waals surface area contributed by atoms with Crippen molar-refractivity contribution < 1.29 is 9.59 Å². The van der Waals surface area contributed by atoms with Gasteiger partial charge in [0.25, 0.3) is 5.91 Å². The third-order valence-corrected chi connectivity index (χ3v) is 6.07. The number of nitrogens with zero attached hydrogens (tertiary/aromatic N) is 3. The summed E-state index contributed by atoms with van der Waals surface area (Å²) in [5, 5.41) is 2.79. The molecule has 6 heteroatoms. The molecule has 4 heterocycles. The van der Waals surface area contributed by atoms with Gasteiger partial charge in [0.05, 0.1) is 10.9 Å². The zero-order valence-electron chi connectivity index (χ0n) is 14.2. The number of likely N-dealkylation sites (N-methyl/N-ethyl adjacent to an activating group) is 1. The number of hydrogen-bond donors (Lipinski definition) is 0. The number of thiazole rings is 1. The minimum absolute atomic E-state index is 0.0458. The van der Waals surface area contributed by atoms with Gasteiger partial charge in [0, 0.05) is 38.0 Å². The zero-order chi connectivity index (χ0) is 17.4. The number of piperidine rings is 1. The van der Waals surface area contributed by atoms with Gasteiger partial charge in [-0.25, -0.2) is 4.98 Å². The molecule has 5 rings (SSSR count). The van der Waals surface area contributed by atoms with Crippen molar-refractivity contribution in [2.45, 2.75) is 25.3 Å². The van der Waals surface area contributed by atoms with Crippen LogP contribution in [-0.2, 0) is 11.2 Å². The summed E-state index contributed by atoms with van der Waals surface area (Å²) in [4.78, 5) is 33.4. The highest BCUT2D eigenvalue weighted by Gasteiger charge is 2.40. The maximum absolute atomic E-state index is 12.9. The fourth-order valence-corrected chi connectivity index (χ4v) is 4.55. The van der Waals surface area contributed by atoms with Crippen LogP contribution >= 0.6 is 11.3 Å². The van der Waals surface area contributed by atoms with Crippen molar-refractivity contribution in [1.82, 2.24) is 14.8 Å². The predicted molar refractivity (Wildman–Crippen MR) is 96.5 cm³/mol. The van der Waals surface area contributed by atoms with Gasteiger partial charge in [0.1, 0.15) is 5.69 Å². The van der Waals surface area contributed by atoms with Crippen molar-refractivity contribution >= 4 is 23.2 Å². The van der Waals surface area contributed by atoms with Crippen LogP contribution in [0, 0.1) is 5.92 Å². The number of fused-ring (bicyclic) bond motifs is 4. The molecule has 3 fully saturated rings. The second-order valence-electron chi connectivity index (χ2n) is 6.88. The van der Waals surface area contributed by atoms with Crippen LogP contribution in [0.15, 0.2) is 35.7 Å². The number of hydrogen-bond acceptors (Lipinski definition) is 4. The molecule has 0 saturated carbocycles. The van der Waals surface area contributed by atoms with E-state index in [1.54, 1.807) is 0 Å². The van der Waals surface area contributed by atoms with Crippen molar-refractivity contribution in [3.8, 4) is 0 Å². The molecule has 0 unspecified atom stereocenters. The molecule has 3 aliphatic heterocycles. The smallest absolute Gasteiger partial charge is 0.273 e. The molecule has 25 heavy (non-hydrogen) atoms. The highest BCUT2D eigenvalue weighted by Crippen LogP contribution is 2.29. The molecule has 0 aliphatic carbocycles. The normalized spacial score (nSPS) is 23.0. The minimum Gasteiger partial charge on any atom is -0.341 e. The number of rotatable bonds is 3. The van der Waals surface area contributed by atoms with Crippen LogP contribution in [0.1, 0.15) is 33.9 Å². The van der Waals surface area contributed by atoms with E-state index in [4.69, 9.17) is 0 Å². The summed E-state index contributed by atoms with van der Waals surface area (Å²) in [5.41, 5.74) is 1.70. The number of carbonyl (C=O) groups excluding carboxylic acids is 2. The average molecular weight is 355 g/mol. The summed E-state index contributed by atoms with van der Waals surface area (Å²) in [6, 6.07) is 10.3. The fourth-order valence-electron chi connectivity index (χ4n) is 3.75. The topological polar surface area (TPSA) is 53.5 Å². The van der Waals surface area contributed by atoms with Crippen LogP contribution in [0.25, 0.3) is 0 Å². The molecule has 1 aromatic carbocycles. The molecule has 130 valence electrons. The first kappa shape index (κ1) is 16.3. The summed E-state index contributed by atoms with van der Waals surface area (Å²) in [5.74, 6) is 0.0697. The van der Waals surface area contributed by atoms with Gasteiger partial charge >= 0.3 is 0 Å². The molecule has 0 radical (unpaired) electrons. The van der Waals surface area contributed by atoms with Gasteiger partial charge in [-0.3, -0.25) is 9.59 Å². The SMILES string of the molecule is CN1C(=O)[C@@H]2CC[C@H]1CN(C(=O)c1csc(Cc3ccccc3)n1)C2. The molecule has 5 nitrogen and oxygen atoms in total. The molecular weight excluding hydrogens is 334 g/mol. The standard InChI is InChI=1S/C19H21N3O2S/c1-21-15-8-7-14(18(21)23)10-22(11-15)19(24)16-12-25-17(20-16)9-13-5-3-2-4-6-13/h2-6,12,14-15H,7-11H2,1H3/t14-,15+/m1/s1. The molecular formula is C19H21N3O2S. The zero-order valence-corrected chi connectivity index (χ0v) is 15.0. The molecule has 1 aromatic heterocycles. The van der Waals surface area contributed by atoms with E-state index in [0.29, 0.717) is 18.8 Å². The van der Waals surface area contributed by atoms with E-state index >= 15 is 0 Å². The highest BCUT2D eigenvalue weighted by molar-refractivity contribution is 7.09. The van der Waals surface area contributed by atoms with Crippen LogP contribution in [0.3, 0.4) is 0 Å². The van der Waals surface area contributed by atoms with Gasteiger partial charge in [0.15, 0.2) is 0 Å². The van der Waals surface area contributed by atoms with E-state index in [-0.39, 0.29) is 23.8 Å². The van der Waals surface area contributed by atoms with E-state index in [0.717, 1.165) is 24.3 Å². The van der Waals surface area contributed by atoms with Gasteiger partial charge < -0.3 is 9.80 Å². The van der Waals surface area contributed by atoms with Crippen LogP contribution in [0.2, 0.25) is 0 Å². The van der Waals surface area contributed by atoms with E-state index in [9.17, 15) is 9.59 Å². The average Bonchev–Trinajstić information content (AvgIpc) is 2.92. The van der Waals surface area contributed by atoms with Crippen molar-refractivity contribution in [3.05, 3.63) is 52.0 Å². The van der Waals surface area contributed by atoms with Crippen molar-refractivity contribution in [3.63, 3.8) is 0 Å². The van der Waals surface area contributed by atoms with Gasteiger partial charge in [0.2, 0.25) is 5.91 Å². The molecule has 3 saturated heterocycles. The largest absolute Gasteiger partial charge is 0.341 e. The Labute approximate surface area is 151 Å². The van der Waals surface area contributed by atoms with Gasteiger partial charge in [-0.2, -0.15) is 0 Å². The summed E-state index contributed by atoms with van der Waals surface area (Å²) in [7, 11) is 1.86. The van der Waals surface area contributed by atoms with Crippen molar-refractivity contribution in [2.24, 2.45) is 5.92 Å². The Bertz CT molecular complexity index is 789. The lowest BCUT2D eigenvalue weighted by Crippen LogP contribution is -2.45. The van der Waals surface area contributed by atoms with Crippen LogP contribution in [0.4, 0.5) is 0 Å². The second-order valence-corrected chi connectivity index (χ2v) is 7.82. The maximum atomic E-state index is 12.9. The Morgan fingerprint density at radius 3 is 2.84 bits per heavy atom. The minimum atomic E-state index is -0.0601. The predicted octanol–water partition coefficient (Wildman–Crippen LogP) is 2.43. The van der Waals surface area contributed by atoms with E-state index in [1.165, 1.54) is 16.9 Å². The summed E-state index contributed by atoms with van der Waals surface area (Å²) in [6.07, 6.45) is 2.60. The first-order valence-corrected chi connectivity index (χ1v) is 9.54. The van der Waals surface area contributed by atoms with Gasteiger partial charge in [-0.1, -0.05) is 30.3 Å². The van der Waals surface area contributed by atoms with Crippen LogP contribution in [0.5, 0.6) is 0 Å². The maximum Gasteiger partial charge on any atom is 0.273 e. The second kappa shape index (κ2) is 6.59. The molecule has 0 spiro atoms. The lowest BCUT2D eigenvalue weighted by Gasteiger charge is -2.32. The Kier molecular flexibility index (Phi) is 4.29. The van der Waals surface area contributed by atoms with E-state index < -0.39 is 0 Å². The Morgan fingerprint density at radius 1 is 1.24 bits per heavy atom. The number of amides is 2. The van der Waals surface area contributed by atoms with E-state index in [2.05, 4.69) is 17.1 Å². The van der Waals surface area contributed by atoms with Crippen LogP contribution in [-0.4, -0.2) is 52.8 Å². The molecule has 2 amide bonds. The molecule has 3 aliphatic rings. The lowest BCUT2D eigenvalue weighted by atomic mass is 9.95. The summed E-state index contributed by atoms with van der Waals surface area (Å²) in [6.45, 7) is 1.13. The third kappa shape index (κ3) is 3.18. The first-order valence-electron chi connectivity index (χ1n) is 8.66. The Hall–Kier alpha value is -2.21.